The Balaban J connectivity index is 2.16. The first-order valence-electron chi connectivity index (χ1n) is 23.7. The highest BCUT2D eigenvalue weighted by atomic mass is 16.7. The van der Waals surface area contributed by atoms with Gasteiger partial charge in [0.15, 0.2) is 6.29 Å². The number of hydrogen-bond donors (Lipinski definition) is 6. The fourth-order valence-corrected chi connectivity index (χ4v) is 7.36. The average molecular weight is 808 g/mol. The van der Waals surface area contributed by atoms with Crippen molar-refractivity contribution < 1.29 is 39.8 Å². The van der Waals surface area contributed by atoms with Gasteiger partial charge in [-0.2, -0.15) is 0 Å². The zero-order valence-corrected chi connectivity index (χ0v) is 36.6. The summed E-state index contributed by atoms with van der Waals surface area (Å²) < 4.78 is 11.1. The Kier molecular flexibility index (Phi) is 36.2. The van der Waals surface area contributed by atoms with Gasteiger partial charge in [0.1, 0.15) is 24.4 Å². The van der Waals surface area contributed by atoms with Gasteiger partial charge in [-0.25, -0.2) is 0 Å². The lowest BCUT2D eigenvalue weighted by Crippen LogP contribution is -2.60. The molecule has 1 aliphatic heterocycles. The van der Waals surface area contributed by atoms with E-state index in [4.69, 9.17) is 9.47 Å². The van der Waals surface area contributed by atoms with Gasteiger partial charge in [-0.15, -0.1) is 0 Å². The standard InChI is InChI=1S/C48H89NO8/c1-3-5-7-9-10-11-12-13-14-15-16-17-18-19-20-21-22-23-24-25-26-27-28-29-30-31-32-34-35-37-42(51)41(49-44(52)38-36-33-8-6-4-2)40-56-48-47(55)46(54)45(53)43(39-50)57-48/h26-27,30-31,35,37,41-43,45-48,50-51,53-55H,3-25,28-29,32-34,36,38-40H2,1-2H3,(H,49,52)/b27-26+,31-30+,37-35+. The molecule has 1 aliphatic rings. The normalized spacial score (nSPS) is 21.3. The Labute approximate surface area is 349 Å². The summed E-state index contributed by atoms with van der Waals surface area (Å²) in [4.78, 5) is 12.7. The molecule has 1 amide bonds. The van der Waals surface area contributed by atoms with Crippen molar-refractivity contribution in [2.45, 2.75) is 249 Å². The molecule has 1 saturated heterocycles. The highest BCUT2D eigenvalue weighted by Gasteiger charge is 2.44. The van der Waals surface area contributed by atoms with Crippen LogP contribution >= 0.6 is 0 Å². The SMILES string of the molecule is CCCCCCCCCCCCCCCCCCCCC/C=C/CC/C=C/CC/C=C/C(O)C(COC1OC(CO)C(O)C(O)C1O)NC(=O)CCCCCCC. The fraction of sp³-hybridized carbons (Fsp3) is 0.854. The summed E-state index contributed by atoms with van der Waals surface area (Å²) in [5.41, 5.74) is 0. The van der Waals surface area contributed by atoms with Gasteiger partial charge in [-0.1, -0.05) is 192 Å². The molecular weight excluding hydrogens is 719 g/mol. The van der Waals surface area contributed by atoms with Crippen molar-refractivity contribution in [3.8, 4) is 0 Å². The fourth-order valence-electron chi connectivity index (χ4n) is 7.36. The summed E-state index contributed by atoms with van der Waals surface area (Å²) in [6.45, 7) is 3.65. The molecule has 1 heterocycles. The summed E-state index contributed by atoms with van der Waals surface area (Å²) in [5, 5.41) is 53.8. The van der Waals surface area contributed by atoms with Gasteiger partial charge >= 0.3 is 0 Å². The molecule has 0 bridgehead atoms. The van der Waals surface area contributed by atoms with Gasteiger partial charge in [0, 0.05) is 6.42 Å². The van der Waals surface area contributed by atoms with Crippen LogP contribution in [-0.2, 0) is 14.3 Å². The quantitative estimate of drug-likeness (QED) is 0.0266. The van der Waals surface area contributed by atoms with E-state index in [1.54, 1.807) is 6.08 Å². The van der Waals surface area contributed by atoms with Crippen molar-refractivity contribution in [3.63, 3.8) is 0 Å². The van der Waals surface area contributed by atoms with E-state index in [-0.39, 0.29) is 12.5 Å². The molecule has 0 saturated carbocycles. The number of hydrogen-bond acceptors (Lipinski definition) is 8. The van der Waals surface area contributed by atoms with Gasteiger partial charge in [0.2, 0.25) is 5.91 Å². The van der Waals surface area contributed by atoms with Crippen LogP contribution < -0.4 is 5.32 Å². The minimum atomic E-state index is -1.57. The van der Waals surface area contributed by atoms with Crippen LogP contribution in [0.3, 0.4) is 0 Å². The molecule has 9 heteroatoms. The molecule has 0 aromatic rings. The van der Waals surface area contributed by atoms with Crippen molar-refractivity contribution >= 4 is 5.91 Å². The molecule has 0 radical (unpaired) electrons. The summed E-state index contributed by atoms with van der Waals surface area (Å²) in [7, 11) is 0. The van der Waals surface area contributed by atoms with E-state index in [9.17, 15) is 30.3 Å². The lowest BCUT2D eigenvalue weighted by atomic mass is 9.99. The predicted molar refractivity (Wildman–Crippen MR) is 235 cm³/mol. The van der Waals surface area contributed by atoms with Crippen molar-refractivity contribution in [2.24, 2.45) is 0 Å². The Hall–Kier alpha value is -1.59. The third-order valence-corrected chi connectivity index (χ3v) is 11.2. The number of aliphatic hydroxyl groups is 5. The van der Waals surface area contributed by atoms with Crippen LogP contribution in [0.2, 0.25) is 0 Å². The third-order valence-electron chi connectivity index (χ3n) is 11.2. The number of allylic oxidation sites excluding steroid dienone is 5. The Morgan fingerprint density at radius 2 is 1.00 bits per heavy atom. The van der Waals surface area contributed by atoms with Crippen LogP contribution in [-0.4, -0.2) is 87.5 Å². The van der Waals surface area contributed by atoms with E-state index in [0.717, 1.165) is 57.8 Å². The van der Waals surface area contributed by atoms with Gasteiger partial charge in [-0.05, 0) is 44.9 Å². The molecule has 1 rings (SSSR count). The summed E-state index contributed by atoms with van der Waals surface area (Å²) in [5.74, 6) is -0.205. The van der Waals surface area contributed by atoms with Crippen LogP contribution in [0.4, 0.5) is 0 Å². The van der Waals surface area contributed by atoms with E-state index in [0.29, 0.717) is 6.42 Å². The highest BCUT2D eigenvalue weighted by molar-refractivity contribution is 5.76. The summed E-state index contributed by atoms with van der Waals surface area (Å²) in [6, 6.07) is -0.821. The molecule has 9 nitrogen and oxygen atoms in total. The number of carbonyl (C=O) groups excluding carboxylic acids is 1. The van der Waals surface area contributed by atoms with Crippen molar-refractivity contribution in [1.82, 2.24) is 5.32 Å². The van der Waals surface area contributed by atoms with Gasteiger partial charge in [-0.3, -0.25) is 4.79 Å². The molecule has 0 aromatic heterocycles. The minimum Gasteiger partial charge on any atom is -0.394 e. The maximum Gasteiger partial charge on any atom is 0.220 e. The second kappa shape index (κ2) is 38.6. The van der Waals surface area contributed by atoms with Gasteiger partial charge in [0.25, 0.3) is 0 Å². The van der Waals surface area contributed by atoms with Crippen LogP contribution in [0.25, 0.3) is 0 Å². The molecule has 334 valence electrons. The molecular formula is C48H89NO8. The van der Waals surface area contributed by atoms with E-state index in [1.807, 2.05) is 6.08 Å². The number of amides is 1. The minimum absolute atomic E-state index is 0.205. The molecule has 57 heavy (non-hydrogen) atoms. The first-order chi connectivity index (χ1) is 27.8. The highest BCUT2D eigenvalue weighted by Crippen LogP contribution is 2.22. The van der Waals surface area contributed by atoms with Crippen LogP contribution in [0.5, 0.6) is 0 Å². The molecule has 0 aromatic carbocycles. The zero-order valence-electron chi connectivity index (χ0n) is 36.6. The number of aliphatic hydroxyl groups excluding tert-OH is 5. The molecule has 1 fully saturated rings. The van der Waals surface area contributed by atoms with E-state index in [1.165, 1.54) is 128 Å². The second-order valence-corrected chi connectivity index (χ2v) is 16.5. The smallest absolute Gasteiger partial charge is 0.220 e. The molecule has 7 unspecified atom stereocenters. The van der Waals surface area contributed by atoms with Crippen LogP contribution in [0.15, 0.2) is 36.5 Å². The number of rotatable bonds is 39. The number of ether oxygens (including phenoxy) is 2. The second-order valence-electron chi connectivity index (χ2n) is 16.5. The maximum atomic E-state index is 12.7. The van der Waals surface area contributed by atoms with Crippen LogP contribution in [0, 0.1) is 0 Å². The first-order valence-corrected chi connectivity index (χ1v) is 23.7. The van der Waals surface area contributed by atoms with Crippen molar-refractivity contribution in [1.29, 1.82) is 0 Å². The summed E-state index contributed by atoms with van der Waals surface area (Å²) in [6.07, 6.45) is 41.3. The van der Waals surface area contributed by atoms with Gasteiger partial charge < -0.3 is 40.3 Å². The molecule has 7 atom stereocenters. The monoisotopic (exact) mass is 808 g/mol. The first kappa shape index (κ1) is 53.4. The average Bonchev–Trinajstić information content (AvgIpc) is 3.21. The van der Waals surface area contributed by atoms with Crippen LogP contribution in [0.1, 0.15) is 206 Å². The molecule has 0 spiro atoms. The van der Waals surface area contributed by atoms with Crippen molar-refractivity contribution in [2.75, 3.05) is 13.2 Å². The maximum absolute atomic E-state index is 12.7. The van der Waals surface area contributed by atoms with Crippen molar-refractivity contribution in [3.05, 3.63) is 36.5 Å². The number of carbonyl (C=O) groups is 1. The Morgan fingerprint density at radius 1 is 0.579 bits per heavy atom. The van der Waals surface area contributed by atoms with E-state index >= 15 is 0 Å². The van der Waals surface area contributed by atoms with Gasteiger partial charge in [0.05, 0.1) is 25.4 Å². The van der Waals surface area contributed by atoms with E-state index in [2.05, 4.69) is 43.5 Å². The number of unbranched alkanes of at least 4 members (excludes halogenated alkanes) is 25. The lowest BCUT2D eigenvalue weighted by molar-refractivity contribution is -0.302. The zero-order chi connectivity index (χ0) is 41.6. The van der Waals surface area contributed by atoms with E-state index < -0.39 is 49.5 Å². The largest absolute Gasteiger partial charge is 0.394 e. The Morgan fingerprint density at radius 3 is 1.47 bits per heavy atom. The topological polar surface area (TPSA) is 149 Å². The predicted octanol–water partition coefficient (Wildman–Crippen LogP) is 10.1. The third kappa shape index (κ3) is 29.3. The Bertz CT molecular complexity index is 987. The number of nitrogens with one attached hydrogen (secondary N) is 1. The lowest BCUT2D eigenvalue weighted by Gasteiger charge is -2.40. The summed E-state index contributed by atoms with van der Waals surface area (Å²) >= 11 is 0. The molecule has 0 aliphatic carbocycles. The molecule has 6 N–H and O–H groups in total.